The van der Waals surface area contributed by atoms with E-state index in [0.29, 0.717) is 23.8 Å². The minimum atomic E-state index is 0.388. The number of hydrogen-bond donors (Lipinski definition) is 2. The molecule has 1 aliphatic heterocycles. The molecule has 0 aliphatic carbocycles. The van der Waals surface area contributed by atoms with Gasteiger partial charge in [-0.3, -0.25) is 0 Å². The van der Waals surface area contributed by atoms with E-state index < -0.39 is 0 Å². The molecule has 0 radical (unpaired) electrons. The molecule has 19 heavy (non-hydrogen) atoms. The lowest BCUT2D eigenvalue weighted by atomic mass is 10.1. The Bertz CT molecular complexity index is 635. The average Bonchev–Trinajstić information content (AvgIpc) is 2.45. The second-order valence-corrected chi connectivity index (χ2v) is 4.75. The molecule has 0 fully saturated rings. The Labute approximate surface area is 119 Å². The van der Waals surface area contributed by atoms with E-state index >= 15 is 0 Å². The zero-order valence-corrected chi connectivity index (χ0v) is 11.6. The van der Waals surface area contributed by atoms with Crippen LogP contribution in [0.25, 0.3) is 0 Å². The van der Waals surface area contributed by atoms with Gasteiger partial charge in [0.15, 0.2) is 0 Å². The van der Waals surface area contributed by atoms with Gasteiger partial charge in [0.05, 0.1) is 5.71 Å². The van der Waals surface area contributed by atoms with Crippen molar-refractivity contribution in [1.82, 2.24) is 5.32 Å². The van der Waals surface area contributed by atoms with Gasteiger partial charge >= 0.3 is 0 Å². The number of rotatable bonds is 3. The van der Waals surface area contributed by atoms with E-state index in [1.54, 1.807) is 18.2 Å². The summed E-state index contributed by atoms with van der Waals surface area (Å²) in [5, 5.41) is 19.8. The third-order valence-corrected chi connectivity index (χ3v) is 2.97. The lowest BCUT2D eigenvalue weighted by molar-refractivity contribution is 1.00. The van der Waals surface area contributed by atoms with Crippen molar-refractivity contribution in [2.24, 2.45) is 4.99 Å². The number of halogens is 1. The number of benzene rings is 1. The van der Waals surface area contributed by atoms with Crippen LogP contribution in [0, 0.1) is 16.7 Å². The Hall–Kier alpha value is -2.19. The van der Waals surface area contributed by atoms with Crippen LogP contribution in [0.2, 0.25) is 0 Å². The first-order valence-corrected chi connectivity index (χ1v) is 6.44. The van der Waals surface area contributed by atoms with Crippen LogP contribution in [-0.2, 0) is 0 Å². The van der Waals surface area contributed by atoms with Crippen LogP contribution < -0.4 is 5.32 Å². The van der Waals surface area contributed by atoms with Crippen LogP contribution in [0.4, 0.5) is 0 Å². The van der Waals surface area contributed by atoms with Crippen molar-refractivity contribution < 1.29 is 0 Å². The van der Waals surface area contributed by atoms with Gasteiger partial charge in [0.2, 0.25) is 0 Å². The molecule has 1 aromatic carbocycles. The van der Waals surface area contributed by atoms with Crippen LogP contribution in [0.5, 0.6) is 0 Å². The maximum atomic E-state index is 8.77. The molecule has 0 saturated heterocycles. The largest absolute Gasteiger partial charge is 0.366 e. The Morgan fingerprint density at radius 3 is 3.11 bits per heavy atom. The van der Waals surface area contributed by atoms with Crippen molar-refractivity contribution in [2.75, 3.05) is 6.54 Å². The summed E-state index contributed by atoms with van der Waals surface area (Å²) in [6, 6.07) is 9.55. The molecular weight excluding hydrogens is 304 g/mol. The molecule has 94 valence electrons. The van der Waals surface area contributed by atoms with E-state index in [-0.39, 0.29) is 0 Å². The Morgan fingerprint density at radius 1 is 1.53 bits per heavy atom. The van der Waals surface area contributed by atoms with Gasteiger partial charge in [0.1, 0.15) is 17.6 Å². The average molecular weight is 315 g/mol. The number of allylic oxidation sites excluding steroid dienone is 2. The van der Waals surface area contributed by atoms with Crippen molar-refractivity contribution >= 4 is 27.5 Å². The fraction of sp³-hybridized carbons (Fsp3) is 0.0714. The van der Waals surface area contributed by atoms with E-state index in [1.165, 1.54) is 0 Å². The van der Waals surface area contributed by atoms with Crippen LogP contribution >= 0.6 is 15.9 Å². The number of nitrogens with zero attached hydrogens (tertiary/aromatic N) is 2. The van der Waals surface area contributed by atoms with Gasteiger partial charge in [-0.15, -0.1) is 0 Å². The van der Waals surface area contributed by atoms with Crippen molar-refractivity contribution in [2.45, 2.75) is 0 Å². The Kier molecular flexibility index (Phi) is 4.26. The third-order valence-electron chi connectivity index (χ3n) is 2.48. The van der Waals surface area contributed by atoms with Gasteiger partial charge in [0, 0.05) is 16.6 Å². The van der Waals surface area contributed by atoms with Crippen LogP contribution in [-0.4, -0.2) is 18.1 Å². The van der Waals surface area contributed by atoms with E-state index in [1.807, 2.05) is 30.3 Å². The Morgan fingerprint density at radius 2 is 2.37 bits per heavy atom. The highest BCUT2D eigenvalue weighted by molar-refractivity contribution is 9.10. The van der Waals surface area contributed by atoms with Gasteiger partial charge in [0.25, 0.3) is 0 Å². The zero-order valence-electron chi connectivity index (χ0n) is 10.0. The van der Waals surface area contributed by atoms with Crippen molar-refractivity contribution in [3.05, 3.63) is 58.2 Å². The maximum absolute atomic E-state index is 8.77. The van der Waals surface area contributed by atoms with Crippen molar-refractivity contribution in [3.63, 3.8) is 0 Å². The quantitative estimate of drug-likeness (QED) is 0.842. The molecule has 1 aliphatic rings. The highest BCUT2D eigenvalue weighted by atomic mass is 79.9. The molecule has 0 aromatic heterocycles. The van der Waals surface area contributed by atoms with Gasteiger partial charge in [-0.25, -0.2) is 4.99 Å². The van der Waals surface area contributed by atoms with Gasteiger partial charge in [-0.05, 0) is 30.4 Å². The predicted molar refractivity (Wildman–Crippen MR) is 79.2 cm³/mol. The van der Waals surface area contributed by atoms with Gasteiger partial charge in [-0.1, -0.05) is 28.1 Å². The molecule has 4 nitrogen and oxygen atoms in total. The van der Waals surface area contributed by atoms with Crippen LogP contribution in [0.1, 0.15) is 5.56 Å². The minimum Gasteiger partial charge on any atom is -0.366 e. The molecule has 1 aromatic rings. The topological polar surface area (TPSA) is 72.0 Å². The molecule has 0 spiro atoms. The SMILES string of the molecule is N#CC1=CCNC(/C=C\C(=N)c2cccc(Br)c2)=N1. The number of nitriles is 1. The summed E-state index contributed by atoms with van der Waals surface area (Å²) < 4.78 is 0.936. The lowest BCUT2D eigenvalue weighted by Gasteiger charge is -2.08. The van der Waals surface area contributed by atoms with E-state index in [2.05, 4.69) is 26.2 Å². The number of amidine groups is 1. The maximum Gasteiger partial charge on any atom is 0.140 e. The van der Waals surface area contributed by atoms with Gasteiger partial charge in [-0.2, -0.15) is 5.26 Å². The molecule has 2 rings (SSSR count). The predicted octanol–water partition coefficient (Wildman–Crippen LogP) is 2.78. The standard InChI is InChI=1S/C14H11BrN4/c15-11-3-1-2-10(8-11)13(17)4-5-14-18-7-6-12(9-16)19-14/h1-6,8,17H,7H2,(H,18,19)/b5-4-,17-13?. The van der Waals surface area contributed by atoms with E-state index in [0.717, 1.165) is 10.0 Å². The molecule has 5 heteroatoms. The fourth-order valence-electron chi connectivity index (χ4n) is 1.55. The highest BCUT2D eigenvalue weighted by Gasteiger charge is 2.03. The molecule has 1 heterocycles. The molecule has 0 amide bonds. The molecular formula is C14H11BrN4. The van der Waals surface area contributed by atoms with Gasteiger partial charge < -0.3 is 10.7 Å². The first kappa shape index (κ1) is 13.2. The minimum absolute atomic E-state index is 0.388. The molecule has 0 unspecified atom stereocenters. The number of hydrogen-bond acceptors (Lipinski definition) is 4. The van der Waals surface area contributed by atoms with Crippen molar-refractivity contribution in [1.29, 1.82) is 10.7 Å². The fourth-order valence-corrected chi connectivity index (χ4v) is 1.95. The summed E-state index contributed by atoms with van der Waals surface area (Å²) in [4.78, 5) is 4.10. The smallest absolute Gasteiger partial charge is 0.140 e. The summed E-state index contributed by atoms with van der Waals surface area (Å²) in [6.07, 6.45) is 5.08. The summed E-state index contributed by atoms with van der Waals surface area (Å²) in [5.74, 6) is 0.596. The van der Waals surface area contributed by atoms with E-state index in [9.17, 15) is 0 Å². The highest BCUT2D eigenvalue weighted by Crippen LogP contribution is 2.12. The summed E-state index contributed by atoms with van der Waals surface area (Å²) in [7, 11) is 0. The Balaban J connectivity index is 2.11. The summed E-state index contributed by atoms with van der Waals surface area (Å²) in [5.41, 5.74) is 1.60. The normalized spacial score (nSPS) is 14.3. The lowest BCUT2D eigenvalue weighted by Crippen LogP contribution is -2.24. The second-order valence-electron chi connectivity index (χ2n) is 3.84. The first-order valence-electron chi connectivity index (χ1n) is 5.64. The molecule has 0 atom stereocenters. The summed E-state index contributed by atoms with van der Waals surface area (Å²) in [6.45, 7) is 0.580. The third kappa shape index (κ3) is 3.63. The first-order chi connectivity index (χ1) is 9.19. The molecule has 2 N–H and O–H groups in total. The zero-order chi connectivity index (χ0) is 13.7. The van der Waals surface area contributed by atoms with Crippen LogP contribution in [0.15, 0.2) is 57.7 Å². The molecule has 0 bridgehead atoms. The number of aliphatic imine (C=N–C) groups is 1. The van der Waals surface area contributed by atoms with Crippen molar-refractivity contribution in [3.8, 4) is 6.07 Å². The summed E-state index contributed by atoms with van der Waals surface area (Å²) >= 11 is 3.38. The van der Waals surface area contributed by atoms with Crippen LogP contribution in [0.3, 0.4) is 0 Å². The second kappa shape index (κ2) is 6.12. The monoisotopic (exact) mass is 314 g/mol. The van der Waals surface area contributed by atoms with E-state index in [4.69, 9.17) is 10.7 Å². The number of nitrogens with one attached hydrogen (secondary N) is 2. The molecule has 0 saturated carbocycles.